The fourth-order valence-corrected chi connectivity index (χ4v) is 6.51. The summed E-state index contributed by atoms with van der Waals surface area (Å²) in [5.74, 6) is 1.17. The number of rotatable bonds is 10. The van der Waals surface area contributed by atoms with E-state index >= 15 is 0 Å². The Morgan fingerprint density at radius 1 is 0.951 bits per heavy atom. The van der Waals surface area contributed by atoms with E-state index in [0.29, 0.717) is 5.92 Å². The van der Waals surface area contributed by atoms with E-state index in [1.54, 1.807) is 0 Å². The number of ketones is 1. The number of pyridine rings is 2. The second-order valence-electron chi connectivity index (χ2n) is 11.1. The van der Waals surface area contributed by atoms with Gasteiger partial charge in [-0.05, 0) is 55.7 Å². The van der Waals surface area contributed by atoms with Crippen LogP contribution in [0.4, 0.5) is 0 Å². The van der Waals surface area contributed by atoms with Gasteiger partial charge >= 0.3 is 0 Å². The SMILES string of the molecule is CCC(CC)C(=O)/C=C(\O)C(CC)CC.Cc1[c-]c(-c2nccc3c2sc2c(CC(C)C)ccnc23)cc(C)c1.[Ir]. The molecule has 1 aromatic carbocycles. The van der Waals surface area contributed by atoms with Crippen LogP contribution in [0.15, 0.2) is 48.5 Å². The fraction of sp³-hybridized carbons (Fsp3) is 0.457. The summed E-state index contributed by atoms with van der Waals surface area (Å²) in [5.41, 5.74) is 6.96. The molecule has 0 fully saturated rings. The molecular weight excluding hydrogens is 705 g/mol. The molecule has 3 heterocycles. The van der Waals surface area contributed by atoms with E-state index in [-0.39, 0.29) is 43.5 Å². The Kier molecular flexibility index (Phi) is 13.8. The molecule has 4 nitrogen and oxygen atoms in total. The summed E-state index contributed by atoms with van der Waals surface area (Å²) in [4.78, 5) is 21.1. The number of nitrogens with zero attached hydrogens (tertiary/aromatic N) is 2. The molecule has 0 saturated heterocycles. The molecule has 0 unspecified atom stereocenters. The Labute approximate surface area is 264 Å². The van der Waals surface area contributed by atoms with Crippen LogP contribution in [0.2, 0.25) is 0 Å². The van der Waals surface area contributed by atoms with E-state index in [9.17, 15) is 9.90 Å². The second kappa shape index (κ2) is 16.3. The first-order valence-corrected chi connectivity index (χ1v) is 15.5. The van der Waals surface area contributed by atoms with Crippen molar-refractivity contribution in [2.75, 3.05) is 0 Å². The number of aryl methyl sites for hydroxylation is 2. The van der Waals surface area contributed by atoms with Gasteiger partial charge in [0.15, 0.2) is 5.78 Å². The molecule has 1 N–H and O–H groups in total. The number of aromatic nitrogens is 2. The van der Waals surface area contributed by atoms with Gasteiger partial charge in [-0.2, -0.15) is 0 Å². The van der Waals surface area contributed by atoms with Crippen molar-refractivity contribution in [2.45, 2.75) is 87.5 Å². The molecule has 0 saturated carbocycles. The molecule has 6 heteroatoms. The van der Waals surface area contributed by atoms with Gasteiger partial charge in [-0.3, -0.25) is 9.78 Å². The minimum atomic E-state index is 0. The molecule has 0 amide bonds. The molecule has 1 radical (unpaired) electrons. The van der Waals surface area contributed by atoms with Crippen LogP contribution in [-0.4, -0.2) is 20.9 Å². The topological polar surface area (TPSA) is 63.1 Å². The molecule has 3 aromatic heterocycles. The van der Waals surface area contributed by atoms with Crippen molar-refractivity contribution in [3.8, 4) is 11.3 Å². The van der Waals surface area contributed by atoms with Gasteiger partial charge in [0.05, 0.1) is 16.0 Å². The van der Waals surface area contributed by atoms with Crippen molar-refractivity contribution >= 4 is 37.4 Å². The normalized spacial score (nSPS) is 11.7. The molecule has 4 aromatic rings. The van der Waals surface area contributed by atoms with E-state index in [1.165, 1.54) is 32.0 Å². The first kappa shape index (κ1) is 34.8. The van der Waals surface area contributed by atoms with Gasteiger partial charge in [0.2, 0.25) is 0 Å². The summed E-state index contributed by atoms with van der Waals surface area (Å²) >= 11 is 1.82. The average molecular weight is 750 g/mol. The maximum Gasteiger partial charge on any atom is 0.162 e. The Bertz CT molecular complexity index is 1450. The second-order valence-corrected chi connectivity index (χ2v) is 12.2. The zero-order chi connectivity index (χ0) is 29.4. The van der Waals surface area contributed by atoms with Crippen molar-refractivity contribution in [3.05, 3.63) is 71.3 Å². The number of thiophene rings is 1. The number of aliphatic hydroxyl groups is 1. The van der Waals surface area contributed by atoms with Crippen LogP contribution < -0.4 is 0 Å². The predicted molar refractivity (Wildman–Crippen MR) is 171 cm³/mol. The smallest absolute Gasteiger partial charge is 0.162 e. The minimum Gasteiger partial charge on any atom is -0.512 e. The van der Waals surface area contributed by atoms with Gasteiger partial charge in [-0.25, -0.2) is 0 Å². The number of allylic oxidation sites excluding steroid dienone is 2. The van der Waals surface area contributed by atoms with Crippen LogP contribution in [0.25, 0.3) is 31.6 Å². The van der Waals surface area contributed by atoms with Crippen LogP contribution >= 0.6 is 11.3 Å². The van der Waals surface area contributed by atoms with Gasteiger partial charge in [0.1, 0.15) is 0 Å². The molecule has 0 aliphatic rings. The van der Waals surface area contributed by atoms with Gasteiger partial charge in [-0.15, -0.1) is 46.2 Å². The third-order valence-electron chi connectivity index (χ3n) is 7.46. The number of carbonyl (C=O) groups is 1. The van der Waals surface area contributed by atoms with Crippen molar-refractivity contribution in [1.29, 1.82) is 0 Å². The fourth-order valence-electron chi connectivity index (χ4n) is 5.23. The maximum absolute atomic E-state index is 11.7. The molecule has 0 aliphatic heterocycles. The summed E-state index contributed by atoms with van der Waals surface area (Å²) in [6.45, 7) is 16.8. The van der Waals surface area contributed by atoms with Crippen molar-refractivity contribution in [1.82, 2.24) is 9.97 Å². The van der Waals surface area contributed by atoms with E-state index in [0.717, 1.165) is 54.4 Å². The zero-order valence-corrected chi connectivity index (χ0v) is 29.0. The largest absolute Gasteiger partial charge is 0.512 e. The summed E-state index contributed by atoms with van der Waals surface area (Å²) in [6, 6.07) is 12.0. The average Bonchev–Trinajstić information content (AvgIpc) is 3.29. The summed E-state index contributed by atoms with van der Waals surface area (Å²) in [6.07, 6.45) is 9.81. The molecule has 223 valence electrons. The summed E-state index contributed by atoms with van der Waals surface area (Å²) in [5, 5.41) is 11.0. The summed E-state index contributed by atoms with van der Waals surface area (Å²) in [7, 11) is 0. The third kappa shape index (κ3) is 8.80. The molecule has 0 spiro atoms. The number of benzene rings is 1. The quantitative estimate of drug-likeness (QED) is 0.0997. The molecule has 0 aliphatic carbocycles. The maximum atomic E-state index is 11.7. The van der Waals surface area contributed by atoms with Crippen molar-refractivity contribution in [3.63, 3.8) is 0 Å². The van der Waals surface area contributed by atoms with E-state index < -0.39 is 0 Å². The van der Waals surface area contributed by atoms with Gasteiger partial charge in [0, 0.05) is 66.2 Å². The standard InChI is InChI=1S/C22H21N2S.C13H24O2.Ir/c1-13(2)9-16-5-7-24-20-18-6-8-23-19(22(18)25-21(16)20)17-11-14(3)10-15(4)12-17;1-5-10(6-2)12(14)9-13(15)11(7-3)8-4;/h5-8,10-11,13H,9H2,1-4H3;9-11,14H,5-8H2,1-4H3;/q-1;;/b;12-9-;. The molecule has 0 atom stereocenters. The van der Waals surface area contributed by atoms with E-state index in [4.69, 9.17) is 4.98 Å². The van der Waals surface area contributed by atoms with Crippen LogP contribution in [0, 0.1) is 37.7 Å². The Balaban J connectivity index is 0.000000320. The first-order valence-electron chi connectivity index (χ1n) is 14.7. The van der Waals surface area contributed by atoms with Crippen molar-refractivity contribution in [2.24, 2.45) is 17.8 Å². The Morgan fingerprint density at radius 2 is 1.59 bits per heavy atom. The van der Waals surface area contributed by atoms with Crippen LogP contribution in [-0.2, 0) is 31.3 Å². The molecular formula is C35H45IrN2O2S-. The van der Waals surface area contributed by atoms with Crippen molar-refractivity contribution < 1.29 is 30.0 Å². The number of aliphatic hydroxyl groups excluding tert-OH is 1. The third-order valence-corrected chi connectivity index (χ3v) is 8.74. The van der Waals surface area contributed by atoms with Gasteiger partial charge in [0.25, 0.3) is 0 Å². The Morgan fingerprint density at radius 3 is 2.17 bits per heavy atom. The van der Waals surface area contributed by atoms with Gasteiger partial charge < -0.3 is 10.1 Å². The Hall–Kier alpha value is -2.40. The number of hydrogen-bond donors (Lipinski definition) is 1. The minimum absolute atomic E-state index is 0. The predicted octanol–water partition coefficient (Wildman–Crippen LogP) is 9.99. The van der Waals surface area contributed by atoms with Gasteiger partial charge in [-0.1, -0.05) is 55.4 Å². The monoisotopic (exact) mass is 750 g/mol. The van der Waals surface area contributed by atoms with Crippen LogP contribution in [0.1, 0.15) is 83.9 Å². The first-order chi connectivity index (χ1) is 19.1. The van der Waals surface area contributed by atoms with Crippen LogP contribution in [0.5, 0.6) is 0 Å². The number of hydrogen-bond acceptors (Lipinski definition) is 5. The molecule has 0 bridgehead atoms. The number of fused-ring (bicyclic) bond motifs is 3. The van der Waals surface area contributed by atoms with E-state index in [1.807, 2.05) is 51.4 Å². The zero-order valence-electron chi connectivity index (χ0n) is 25.8. The molecule has 4 rings (SSSR count). The van der Waals surface area contributed by atoms with Crippen LogP contribution in [0.3, 0.4) is 0 Å². The van der Waals surface area contributed by atoms with E-state index in [2.05, 4.69) is 63.0 Å². The number of carbonyl (C=O) groups excluding carboxylic acids is 1. The summed E-state index contributed by atoms with van der Waals surface area (Å²) < 4.78 is 2.51. The molecule has 41 heavy (non-hydrogen) atoms.